The van der Waals surface area contributed by atoms with E-state index in [0.717, 1.165) is 60.2 Å². The number of nitrogens with zero attached hydrogens (tertiary/aromatic N) is 3. The number of halogens is 8. The fourth-order valence-corrected chi connectivity index (χ4v) is 13.8. The van der Waals surface area contributed by atoms with Crippen molar-refractivity contribution in [3.8, 4) is 46.7 Å². The van der Waals surface area contributed by atoms with Crippen LogP contribution in [0.3, 0.4) is 0 Å². The maximum absolute atomic E-state index is 13.8. The number of phenolic OH excluding ortho intramolecular Hbond substituents is 1. The SMILES string of the molecule is COc1c[c-]ccc1.COc1cccc(C2(O)CCC2)c1.COc1cccc(C2CCC2)c1.Cc1c(F)cc([C@@H](C)NC(=O)c2coc(Cl)n2)cc1F.Cc1c(F)cc([C@@H](C)NC(=O)c2coc(Oc3cccc(C4CCC4)c3)n2)cc1F.Cc1c(F)cc([C@@H](C)NC(=O)c2coc(Oc3cccc(C4CCC4)c3)n2)cc1F.Oc1cccc(C2CCC2)c1.[Br-].[Mg+2]. The van der Waals surface area contributed by atoms with Gasteiger partial charge in [-0.3, -0.25) is 14.4 Å². The average Bonchev–Trinajstić information content (AvgIpc) is 1.41. The van der Waals surface area contributed by atoms with Crippen molar-refractivity contribution >= 4 is 52.4 Å². The fourth-order valence-electron chi connectivity index (χ4n) is 13.7. The van der Waals surface area contributed by atoms with Crippen LogP contribution in [0.4, 0.5) is 26.3 Å². The van der Waals surface area contributed by atoms with Crippen LogP contribution in [-0.2, 0) is 5.60 Å². The summed E-state index contributed by atoms with van der Waals surface area (Å²) in [5.74, 6) is 1.32. The van der Waals surface area contributed by atoms with Crippen LogP contribution in [0.1, 0.15) is 252 Å². The Morgan fingerprint density at radius 3 is 1.08 bits per heavy atom. The van der Waals surface area contributed by atoms with Crippen LogP contribution in [0, 0.1) is 61.7 Å². The number of hydrogen-bond donors (Lipinski definition) is 5. The van der Waals surface area contributed by atoms with Crippen molar-refractivity contribution < 1.29 is 105 Å². The third kappa shape index (κ3) is 27.7. The molecule has 0 unspecified atom stereocenters. The van der Waals surface area contributed by atoms with Gasteiger partial charge in [0.1, 0.15) is 82.4 Å². The maximum atomic E-state index is 13.8. The number of nitrogens with one attached hydrogen (secondary N) is 3. The van der Waals surface area contributed by atoms with Crippen LogP contribution in [0.25, 0.3) is 0 Å². The molecule has 3 atom stereocenters. The fraction of sp³-hybridized carbons (Fsp3) is 0.327. The van der Waals surface area contributed by atoms with Gasteiger partial charge in [0.15, 0.2) is 17.1 Å². The second kappa shape index (κ2) is 47.5. The monoisotopic (exact) mass is 1820 g/mol. The zero-order valence-corrected chi connectivity index (χ0v) is 75.4. The number of phenols is 1. The van der Waals surface area contributed by atoms with Crippen LogP contribution in [-0.4, -0.2) is 87.3 Å². The van der Waals surface area contributed by atoms with E-state index < -0.39 is 76.4 Å². The number of oxazole rings is 3. The van der Waals surface area contributed by atoms with Gasteiger partial charge in [-0.1, -0.05) is 86.3 Å². The normalized spacial score (nSPS) is 14.7. The molecule has 5 saturated carbocycles. The maximum Gasteiger partial charge on any atom is 2.00 e. The van der Waals surface area contributed by atoms with Crippen molar-refractivity contribution in [1.82, 2.24) is 30.9 Å². The molecule has 5 fully saturated rings. The van der Waals surface area contributed by atoms with Gasteiger partial charge in [0.25, 0.3) is 23.1 Å². The average molecular weight is 1830 g/mol. The second-order valence-electron chi connectivity index (χ2n) is 31.2. The number of ether oxygens (including phenoxy) is 5. The molecule has 0 saturated heterocycles. The van der Waals surface area contributed by atoms with Gasteiger partial charge in [-0.25, -0.2) is 26.3 Å². The molecular weight excluding hydrogens is 1720 g/mol. The molecule has 9 aromatic carbocycles. The van der Waals surface area contributed by atoms with E-state index in [1.807, 2.05) is 84.9 Å². The number of aliphatic hydroxyl groups is 1. The smallest absolute Gasteiger partial charge is 1.00 e. The van der Waals surface area contributed by atoms with Gasteiger partial charge in [0.2, 0.25) is 0 Å². The van der Waals surface area contributed by atoms with Gasteiger partial charge < -0.3 is 80.1 Å². The number of benzene rings is 9. The number of amides is 3. The summed E-state index contributed by atoms with van der Waals surface area (Å²) in [4.78, 5) is 48.5. The molecule has 660 valence electrons. The number of aromatic nitrogens is 3. The first-order chi connectivity index (χ1) is 59.6. The largest absolute Gasteiger partial charge is 2.00 e. The molecular formula is C98H102BrClF6MgN6O13. The number of carbonyl (C=O) groups excluding carboxylic acids is 3. The molecule has 0 bridgehead atoms. The minimum Gasteiger partial charge on any atom is -1.00 e. The summed E-state index contributed by atoms with van der Waals surface area (Å²) in [6, 6.07) is 54.9. The van der Waals surface area contributed by atoms with Gasteiger partial charge in [0, 0.05) is 22.4 Å². The number of aromatic hydroxyl groups is 1. The molecule has 3 aromatic heterocycles. The Labute approximate surface area is 761 Å². The molecule has 12 aromatic rings. The van der Waals surface area contributed by atoms with Crippen LogP contribution >= 0.6 is 11.6 Å². The Kier molecular flexibility index (Phi) is 37.2. The molecule has 19 nitrogen and oxygen atoms in total. The van der Waals surface area contributed by atoms with Crippen LogP contribution < -0.4 is 56.6 Å². The van der Waals surface area contributed by atoms with Gasteiger partial charge >= 0.3 is 35.2 Å². The predicted octanol–water partition coefficient (Wildman–Crippen LogP) is 20.8. The van der Waals surface area contributed by atoms with E-state index in [2.05, 4.69) is 73.4 Å². The Hall–Kier alpha value is -11.1. The number of carbonyl (C=O) groups is 3. The molecule has 5 aliphatic carbocycles. The van der Waals surface area contributed by atoms with E-state index in [-0.39, 0.29) is 91.3 Å². The van der Waals surface area contributed by atoms with Crippen molar-refractivity contribution in [3.63, 3.8) is 0 Å². The van der Waals surface area contributed by atoms with Crippen molar-refractivity contribution in [2.45, 2.75) is 185 Å². The topological polar surface area (TPSA) is 252 Å². The molecule has 3 heterocycles. The summed E-state index contributed by atoms with van der Waals surface area (Å²) in [6.07, 6.45) is 21.5. The molecule has 5 N–H and O–H groups in total. The zero-order chi connectivity index (χ0) is 88.6. The van der Waals surface area contributed by atoms with Crippen LogP contribution in [0.15, 0.2) is 214 Å². The third-order valence-electron chi connectivity index (χ3n) is 22.7. The van der Waals surface area contributed by atoms with Crippen LogP contribution in [0.5, 0.6) is 46.7 Å². The molecule has 28 heteroatoms. The summed E-state index contributed by atoms with van der Waals surface area (Å²) in [6.45, 7) is 8.92. The van der Waals surface area contributed by atoms with E-state index in [1.165, 1.54) is 169 Å². The summed E-state index contributed by atoms with van der Waals surface area (Å²) < 4.78 is 124. The van der Waals surface area contributed by atoms with Gasteiger partial charge in [-0.2, -0.15) is 33.2 Å². The third-order valence-corrected chi connectivity index (χ3v) is 22.9. The first-order valence-electron chi connectivity index (χ1n) is 41.3. The second-order valence-corrected chi connectivity index (χ2v) is 31.5. The van der Waals surface area contributed by atoms with Gasteiger partial charge in [0.05, 0.1) is 45.1 Å². The quantitative estimate of drug-likeness (QED) is 0.0255. The Bertz CT molecular complexity index is 5310. The molecule has 17 rings (SSSR count). The first kappa shape index (κ1) is 98.7. The summed E-state index contributed by atoms with van der Waals surface area (Å²) in [7, 11) is 5.01. The van der Waals surface area contributed by atoms with E-state index in [1.54, 1.807) is 66.4 Å². The molecule has 0 aliphatic heterocycles. The minimum atomic E-state index is -0.662. The van der Waals surface area contributed by atoms with E-state index in [9.17, 15) is 50.9 Å². The van der Waals surface area contributed by atoms with Gasteiger partial charge in [-0.15, -0.1) is 12.1 Å². The summed E-state index contributed by atoms with van der Waals surface area (Å²) in [5.41, 5.74) is 6.38. The molecule has 5 aliphatic rings. The standard InChI is InChI=1S/2C23H22F2N2O3.C13H11ClF2N2O2.C11H14O2.C11H14O.C10H12O.C7H7O.BrH.Mg/c2*1-13-19(24)10-17(11-20(13)25)14(2)26-22(28)21-12-29-23(27-21)30-18-8-4-7-16(9-18)15-5-3-6-15;1-6-9(15)3-8(4-10(6)16)7(2)17-12(19)11-5-20-13(14)18-11;1-13-10-5-2-4-9(8-10)11(12)6-3-7-11;1-12-11-7-3-6-10(8-11)9-4-2-5-9;11-10-6-2-5-9(7-10)8-3-1-4-8;1-8-7-5-3-2-4-6-7;;/h2*4,7-12,14-15H,3,5-6H2,1-2H3,(H,26,28);3-5,7H,1-2H3,(H,17,19);2,4-5,8,12H,3,6-7H2,1H3;3,6-9H,2,4-5H2,1H3;2,5-8,11H,1,3-4H2;2-3,5-6H,1H3;1H;/q;;;;;;-1;;+2/p-1/t2*14-;7-;;;;;;/m111....../s1. The number of methoxy groups -OCH3 is 3. The Morgan fingerprint density at radius 2 is 0.770 bits per heavy atom. The number of hydrogen-bond acceptors (Lipinski definition) is 16. The van der Waals surface area contributed by atoms with Crippen LogP contribution in [0.2, 0.25) is 5.35 Å². The molecule has 0 radical (unpaired) electrons. The number of rotatable bonds is 21. The predicted molar refractivity (Wildman–Crippen MR) is 464 cm³/mol. The zero-order valence-electron chi connectivity index (χ0n) is 71.7. The summed E-state index contributed by atoms with van der Waals surface area (Å²) >= 11 is 5.46. The Balaban J connectivity index is 0.000000174. The molecule has 0 spiro atoms. The van der Waals surface area contributed by atoms with E-state index in [4.69, 9.17) is 48.5 Å². The Morgan fingerprint density at radius 1 is 0.444 bits per heavy atom. The molecule has 3 amide bonds. The van der Waals surface area contributed by atoms with Crippen molar-refractivity contribution in [1.29, 1.82) is 0 Å². The van der Waals surface area contributed by atoms with E-state index in [0.29, 0.717) is 45.8 Å². The summed E-state index contributed by atoms with van der Waals surface area (Å²) in [5, 5.41) is 26.9. The van der Waals surface area contributed by atoms with E-state index >= 15 is 0 Å². The van der Waals surface area contributed by atoms with Crippen molar-refractivity contribution in [2.24, 2.45) is 0 Å². The minimum absolute atomic E-state index is 0. The first-order valence-corrected chi connectivity index (χ1v) is 41.7. The van der Waals surface area contributed by atoms with Crippen molar-refractivity contribution in [3.05, 3.63) is 325 Å². The molecule has 126 heavy (non-hydrogen) atoms. The van der Waals surface area contributed by atoms with Crippen molar-refractivity contribution in [2.75, 3.05) is 21.3 Å². The van der Waals surface area contributed by atoms with Gasteiger partial charge in [-0.05, 0) is 289 Å².